The van der Waals surface area contributed by atoms with Gasteiger partial charge >= 0.3 is 0 Å². The molecule has 2 nitrogen and oxygen atoms in total. The summed E-state index contributed by atoms with van der Waals surface area (Å²) < 4.78 is 5.75. The molecule has 1 aliphatic carbocycles. The minimum atomic E-state index is -0.690. The predicted octanol–water partition coefficient (Wildman–Crippen LogP) is 3.48. The molecule has 2 atom stereocenters. The molecule has 0 bridgehead atoms. The Morgan fingerprint density at radius 2 is 2.18 bits per heavy atom. The SMILES string of the molecule is CCCOc1ccccc1C1(O)CCCC1C. The fourth-order valence-electron chi connectivity index (χ4n) is 2.73. The van der Waals surface area contributed by atoms with Gasteiger partial charge < -0.3 is 9.84 Å². The van der Waals surface area contributed by atoms with Crippen LogP contribution in [0, 0.1) is 5.92 Å². The molecule has 1 fully saturated rings. The molecule has 2 rings (SSSR count). The zero-order valence-corrected chi connectivity index (χ0v) is 10.8. The molecule has 0 radical (unpaired) electrons. The van der Waals surface area contributed by atoms with Crippen molar-refractivity contribution in [1.29, 1.82) is 0 Å². The molecule has 0 heterocycles. The van der Waals surface area contributed by atoms with Crippen LogP contribution in [0.2, 0.25) is 0 Å². The maximum Gasteiger partial charge on any atom is 0.125 e. The van der Waals surface area contributed by atoms with Crippen LogP contribution in [0.4, 0.5) is 0 Å². The van der Waals surface area contributed by atoms with Gasteiger partial charge in [0.2, 0.25) is 0 Å². The van der Waals surface area contributed by atoms with Gasteiger partial charge in [0, 0.05) is 5.56 Å². The third kappa shape index (κ3) is 2.32. The average Bonchev–Trinajstić information content (AvgIpc) is 2.68. The fourth-order valence-corrected chi connectivity index (χ4v) is 2.73. The van der Waals surface area contributed by atoms with E-state index in [-0.39, 0.29) is 0 Å². The van der Waals surface area contributed by atoms with Crippen molar-refractivity contribution in [1.82, 2.24) is 0 Å². The van der Waals surface area contributed by atoms with Gasteiger partial charge in [0.15, 0.2) is 0 Å². The molecule has 0 amide bonds. The van der Waals surface area contributed by atoms with Gasteiger partial charge in [-0.25, -0.2) is 0 Å². The van der Waals surface area contributed by atoms with Gasteiger partial charge in [-0.3, -0.25) is 0 Å². The summed E-state index contributed by atoms with van der Waals surface area (Å²) in [4.78, 5) is 0. The Kier molecular flexibility index (Phi) is 3.72. The number of rotatable bonds is 4. The first-order valence-corrected chi connectivity index (χ1v) is 6.63. The quantitative estimate of drug-likeness (QED) is 0.864. The van der Waals surface area contributed by atoms with Crippen LogP contribution in [0.25, 0.3) is 0 Å². The van der Waals surface area contributed by atoms with Gasteiger partial charge in [0.1, 0.15) is 5.75 Å². The number of hydrogen-bond acceptors (Lipinski definition) is 2. The van der Waals surface area contributed by atoms with Crippen LogP contribution in [0.5, 0.6) is 5.75 Å². The zero-order valence-electron chi connectivity index (χ0n) is 10.8. The Morgan fingerprint density at radius 3 is 2.82 bits per heavy atom. The average molecular weight is 234 g/mol. The first-order chi connectivity index (χ1) is 8.18. The van der Waals surface area contributed by atoms with Crippen molar-refractivity contribution in [2.45, 2.75) is 45.1 Å². The summed E-state index contributed by atoms with van der Waals surface area (Å²) in [5.41, 5.74) is 0.281. The van der Waals surface area contributed by atoms with E-state index in [0.29, 0.717) is 12.5 Å². The lowest BCUT2D eigenvalue weighted by atomic mass is 9.84. The van der Waals surface area contributed by atoms with E-state index in [4.69, 9.17) is 4.74 Å². The molecule has 0 spiro atoms. The van der Waals surface area contributed by atoms with Crippen LogP contribution in [-0.2, 0) is 5.60 Å². The smallest absolute Gasteiger partial charge is 0.125 e. The van der Waals surface area contributed by atoms with Crippen molar-refractivity contribution >= 4 is 0 Å². The van der Waals surface area contributed by atoms with Crippen molar-refractivity contribution in [3.05, 3.63) is 29.8 Å². The van der Waals surface area contributed by atoms with Crippen molar-refractivity contribution in [3.63, 3.8) is 0 Å². The van der Waals surface area contributed by atoms with Gasteiger partial charge in [-0.1, -0.05) is 32.0 Å². The predicted molar refractivity (Wildman–Crippen MR) is 69.1 cm³/mol. The minimum absolute atomic E-state index is 0.314. The molecule has 0 aromatic heterocycles. The van der Waals surface area contributed by atoms with Crippen molar-refractivity contribution in [2.24, 2.45) is 5.92 Å². The van der Waals surface area contributed by atoms with E-state index < -0.39 is 5.60 Å². The summed E-state index contributed by atoms with van der Waals surface area (Å²) in [6, 6.07) is 7.93. The molecule has 1 aliphatic rings. The number of hydrogen-bond donors (Lipinski definition) is 1. The van der Waals surface area contributed by atoms with Crippen LogP contribution >= 0.6 is 0 Å². The van der Waals surface area contributed by atoms with E-state index in [1.54, 1.807) is 0 Å². The van der Waals surface area contributed by atoms with Gasteiger partial charge in [-0.15, -0.1) is 0 Å². The summed E-state index contributed by atoms with van der Waals surface area (Å²) >= 11 is 0. The molecule has 94 valence electrons. The Bertz CT molecular complexity index is 375. The highest BCUT2D eigenvalue weighted by molar-refractivity contribution is 5.39. The first kappa shape index (κ1) is 12.4. The maximum atomic E-state index is 10.8. The zero-order chi connectivity index (χ0) is 12.3. The standard InChI is InChI=1S/C15H22O2/c1-3-11-17-14-9-5-4-8-13(14)15(16)10-6-7-12(15)2/h4-5,8-9,12,16H,3,6-7,10-11H2,1-2H3. The highest BCUT2D eigenvalue weighted by atomic mass is 16.5. The van der Waals surface area contributed by atoms with E-state index in [2.05, 4.69) is 13.8 Å². The Morgan fingerprint density at radius 1 is 1.41 bits per heavy atom. The molecule has 0 aliphatic heterocycles. The molecular formula is C15H22O2. The number of para-hydroxylation sites is 1. The van der Waals surface area contributed by atoms with Crippen LogP contribution in [0.1, 0.15) is 45.1 Å². The second-order valence-corrected chi connectivity index (χ2v) is 5.06. The summed E-state index contributed by atoms with van der Waals surface area (Å²) in [6.45, 7) is 4.93. The van der Waals surface area contributed by atoms with E-state index >= 15 is 0 Å². The second-order valence-electron chi connectivity index (χ2n) is 5.06. The topological polar surface area (TPSA) is 29.5 Å². The molecule has 1 aromatic rings. The van der Waals surface area contributed by atoms with Gasteiger partial charge in [0.05, 0.1) is 12.2 Å². The Labute approximate surface area is 104 Å². The van der Waals surface area contributed by atoms with Crippen LogP contribution in [0.3, 0.4) is 0 Å². The lowest BCUT2D eigenvalue weighted by Gasteiger charge is -2.30. The fraction of sp³-hybridized carbons (Fsp3) is 0.600. The number of aliphatic hydroxyl groups is 1. The Balaban J connectivity index is 2.30. The first-order valence-electron chi connectivity index (χ1n) is 6.63. The monoisotopic (exact) mass is 234 g/mol. The van der Waals surface area contributed by atoms with E-state index in [1.807, 2.05) is 24.3 Å². The molecule has 1 saturated carbocycles. The summed E-state index contributed by atoms with van der Waals surface area (Å²) in [7, 11) is 0. The van der Waals surface area contributed by atoms with Gasteiger partial charge in [0.25, 0.3) is 0 Å². The lowest BCUT2D eigenvalue weighted by molar-refractivity contribution is 0.00192. The van der Waals surface area contributed by atoms with E-state index in [1.165, 1.54) is 0 Å². The van der Waals surface area contributed by atoms with Gasteiger partial charge in [-0.2, -0.15) is 0 Å². The van der Waals surface area contributed by atoms with Crippen LogP contribution in [-0.4, -0.2) is 11.7 Å². The molecule has 0 saturated heterocycles. The second kappa shape index (κ2) is 5.09. The lowest BCUT2D eigenvalue weighted by Crippen LogP contribution is -2.29. The molecule has 17 heavy (non-hydrogen) atoms. The molecule has 2 unspecified atom stereocenters. The maximum absolute atomic E-state index is 10.8. The highest BCUT2D eigenvalue weighted by Gasteiger charge is 2.41. The van der Waals surface area contributed by atoms with E-state index in [9.17, 15) is 5.11 Å². The largest absolute Gasteiger partial charge is 0.493 e. The van der Waals surface area contributed by atoms with Gasteiger partial charge in [-0.05, 0) is 37.7 Å². The highest BCUT2D eigenvalue weighted by Crippen LogP contribution is 2.46. The van der Waals surface area contributed by atoms with Crippen LogP contribution in [0.15, 0.2) is 24.3 Å². The number of ether oxygens (including phenoxy) is 1. The molecule has 1 aromatic carbocycles. The van der Waals surface area contributed by atoms with Crippen molar-refractivity contribution in [3.8, 4) is 5.75 Å². The normalized spacial score (nSPS) is 28.3. The van der Waals surface area contributed by atoms with Crippen molar-refractivity contribution in [2.75, 3.05) is 6.61 Å². The number of benzene rings is 1. The third-order valence-corrected chi connectivity index (χ3v) is 3.83. The van der Waals surface area contributed by atoms with E-state index in [0.717, 1.165) is 37.0 Å². The molecular weight excluding hydrogens is 212 g/mol. The summed E-state index contributed by atoms with van der Waals surface area (Å²) in [5.74, 6) is 1.17. The molecule has 1 N–H and O–H groups in total. The minimum Gasteiger partial charge on any atom is -0.493 e. The molecule has 2 heteroatoms. The summed E-state index contributed by atoms with van der Waals surface area (Å²) in [6.07, 6.45) is 4.03. The Hall–Kier alpha value is -1.02. The van der Waals surface area contributed by atoms with Crippen LogP contribution < -0.4 is 4.74 Å². The third-order valence-electron chi connectivity index (χ3n) is 3.83. The van der Waals surface area contributed by atoms with Crippen molar-refractivity contribution < 1.29 is 9.84 Å². The summed E-state index contributed by atoms with van der Waals surface area (Å²) in [5, 5.41) is 10.8.